The maximum absolute atomic E-state index is 12.5. The van der Waals surface area contributed by atoms with Crippen LogP contribution in [0.4, 0.5) is 0 Å². The average Bonchev–Trinajstić information content (AvgIpc) is 2.62. The number of carbonyl (C=O) groups is 1. The highest BCUT2D eigenvalue weighted by molar-refractivity contribution is 6.35. The van der Waals surface area contributed by atoms with Crippen LogP contribution in [-0.2, 0) is 4.79 Å². The lowest BCUT2D eigenvalue weighted by Gasteiger charge is -2.21. The minimum Gasteiger partial charge on any atom is -0.356 e. The number of H-pyrrole nitrogens is 1. The summed E-state index contributed by atoms with van der Waals surface area (Å²) >= 11 is 6.34. The summed E-state index contributed by atoms with van der Waals surface area (Å²) in [5.41, 5.74) is 2.47. The number of pyridine rings is 2. The molecule has 1 aliphatic heterocycles. The number of hydrogen-bond donors (Lipinski definition) is 2. The van der Waals surface area contributed by atoms with Gasteiger partial charge in [0.1, 0.15) is 0 Å². The van der Waals surface area contributed by atoms with Crippen LogP contribution < -0.4 is 10.9 Å². The molecule has 4 rings (SSSR count). The third-order valence-electron chi connectivity index (χ3n) is 4.58. The van der Waals surface area contributed by atoms with Gasteiger partial charge in [0.2, 0.25) is 5.91 Å². The number of aromatic nitrogens is 2. The summed E-state index contributed by atoms with van der Waals surface area (Å²) < 4.78 is 0. The average molecular weight is 354 g/mol. The SMILES string of the molecule is O=C1NCCCC1c1ccc(-c2cc(Cl)c3cccnc3c2)[nH]c1=O. The first-order valence-corrected chi connectivity index (χ1v) is 8.57. The molecule has 1 aromatic carbocycles. The molecule has 2 N–H and O–H groups in total. The second-order valence-corrected chi connectivity index (χ2v) is 6.58. The van der Waals surface area contributed by atoms with Crippen molar-refractivity contribution >= 4 is 28.4 Å². The quantitative estimate of drug-likeness (QED) is 0.742. The van der Waals surface area contributed by atoms with Crippen molar-refractivity contribution in [3.63, 3.8) is 0 Å². The van der Waals surface area contributed by atoms with E-state index in [4.69, 9.17) is 11.6 Å². The van der Waals surface area contributed by atoms with Crippen molar-refractivity contribution in [1.82, 2.24) is 15.3 Å². The highest BCUT2D eigenvalue weighted by Gasteiger charge is 2.26. The number of nitrogens with zero attached hydrogens (tertiary/aromatic N) is 1. The Labute approximate surface area is 149 Å². The Kier molecular flexibility index (Phi) is 4.01. The first-order chi connectivity index (χ1) is 12.1. The summed E-state index contributed by atoms with van der Waals surface area (Å²) in [6.45, 7) is 0.675. The van der Waals surface area contributed by atoms with Gasteiger partial charge in [-0.25, -0.2) is 0 Å². The summed E-state index contributed by atoms with van der Waals surface area (Å²) in [4.78, 5) is 31.7. The number of benzene rings is 1. The second kappa shape index (κ2) is 6.33. The molecule has 2 aromatic heterocycles. The monoisotopic (exact) mass is 353 g/mol. The number of rotatable bonds is 2. The van der Waals surface area contributed by atoms with Gasteiger partial charge < -0.3 is 10.3 Å². The minimum atomic E-state index is -0.381. The van der Waals surface area contributed by atoms with Crippen LogP contribution in [0.3, 0.4) is 0 Å². The van der Waals surface area contributed by atoms with Crippen LogP contribution in [0.25, 0.3) is 22.2 Å². The Morgan fingerprint density at radius 2 is 2.04 bits per heavy atom. The fraction of sp³-hybridized carbons (Fsp3) is 0.211. The van der Waals surface area contributed by atoms with E-state index in [0.717, 1.165) is 22.9 Å². The summed E-state index contributed by atoms with van der Waals surface area (Å²) in [5.74, 6) is -0.462. The highest BCUT2D eigenvalue weighted by atomic mass is 35.5. The molecule has 3 heterocycles. The van der Waals surface area contributed by atoms with Gasteiger partial charge >= 0.3 is 0 Å². The van der Waals surface area contributed by atoms with Crippen LogP contribution in [0.1, 0.15) is 24.3 Å². The van der Waals surface area contributed by atoms with Crippen LogP contribution in [0, 0.1) is 0 Å². The smallest absolute Gasteiger partial charge is 0.252 e. The van der Waals surface area contributed by atoms with Crippen molar-refractivity contribution in [2.75, 3.05) is 6.54 Å². The summed E-state index contributed by atoms with van der Waals surface area (Å²) in [6.07, 6.45) is 3.28. The Hall–Kier alpha value is -2.66. The van der Waals surface area contributed by atoms with Crippen LogP contribution >= 0.6 is 11.6 Å². The molecule has 1 atom stereocenters. The van der Waals surface area contributed by atoms with Gasteiger partial charge in [0.05, 0.1) is 16.5 Å². The number of fused-ring (bicyclic) bond motifs is 1. The van der Waals surface area contributed by atoms with E-state index < -0.39 is 0 Å². The van der Waals surface area contributed by atoms with Gasteiger partial charge in [-0.05, 0) is 43.2 Å². The van der Waals surface area contributed by atoms with Crippen LogP contribution in [0.5, 0.6) is 0 Å². The van der Waals surface area contributed by atoms with Crippen LogP contribution in [0.15, 0.2) is 47.4 Å². The van der Waals surface area contributed by atoms with E-state index in [1.165, 1.54) is 0 Å². The zero-order valence-electron chi connectivity index (χ0n) is 13.4. The molecule has 3 aromatic rings. The molecule has 1 saturated heterocycles. The maximum atomic E-state index is 12.5. The Morgan fingerprint density at radius 1 is 1.16 bits per heavy atom. The first kappa shape index (κ1) is 15.8. The number of halogens is 1. The third kappa shape index (κ3) is 2.91. The fourth-order valence-corrected chi connectivity index (χ4v) is 3.57. The fourth-order valence-electron chi connectivity index (χ4n) is 3.29. The van der Waals surface area contributed by atoms with E-state index >= 15 is 0 Å². The van der Waals surface area contributed by atoms with Gasteiger partial charge in [0.25, 0.3) is 5.56 Å². The predicted molar refractivity (Wildman–Crippen MR) is 97.8 cm³/mol. The number of hydrogen-bond acceptors (Lipinski definition) is 3. The number of nitrogens with one attached hydrogen (secondary N) is 2. The Bertz CT molecular complexity index is 1030. The van der Waals surface area contributed by atoms with Crippen molar-refractivity contribution in [3.05, 3.63) is 63.5 Å². The van der Waals surface area contributed by atoms with Gasteiger partial charge in [0, 0.05) is 34.9 Å². The van der Waals surface area contributed by atoms with Gasteiger partial charge in [-0.15, -0.1) is 0 Å². The lowest BCUT2D eigenvalue weighted by Crippen LogP contribution is -2.37. The molecule has 1 fully saturated rings. The molecular formula is C19H16ClN3O2. The summed E-state index contributed by atoms with van der Waals surface area (Å²) in [6, 6.07) is 11.0. The lowest BCUT2D eigenvalue weighted by atomic mass is 9.91. The largest absolute Gasteiger partial charge is 0.356 e. The Morgan fingerprint density at radius 3 is 2.84 bits per heavy atom. The number of amides is 1. The zero-order valence-corrected chi connectivity index (χ0v) is 14.1. The molecule has 25 heavy (non-hydrogen) atoms. The van der Waals surface area contributed by atoms with E-state index in [1.54, 1.807) is 12.3 Å². The second-order valence-electron chi connectivity index (χ2n) is 6.17. The molecule has 1 amide bonds. The van der Waals surface area contributed by atoms with E-state index in [-0.39, 0.29) is 17.4 Å². The molecule has 0 spiro atoms. The lowest BCUT2D eigenvalue weighted by molar-refractivity contribution is -0.123. The van der Waals surface area contributed by atoms with Crippen molar-refractivity contribution in [1.29, 1.82) is 0 Å². The molecule has 6 heteroatoms. The van der Waals surface area contributed by atoms with Crippen LogP contribution in [-0.4, -0.2) is 22.4 Å². The first-order valence-electron chi connectivity index (χ1n) is 8.19. The van der Waals surface area contributed by atoms with Crippen LogP contribution in [0.2, 0.25) is 5.02 Å². The Balaban J connectivity index is 1.76. The number of aromatic amines is 1. The van der Waals surface area contributed by atoms with Gasteiger partial charge in [-0.2, -0.15) is 0 Å². The van der Waals surface area contributed by atoms with E-state index in [1.807, 2.05) is 30.3 Å². The standard InChI is InChI=1S/C19H16ClN3O2/c20-15-9-11(10-17-14(15)4-2-7-21-17)16-6-5-13(19(25)23-16)12-3-1-8-22-18(12)24/h2,4-7,9-10,12H,1,3,8H2,(H,22,24)(H,23,25). The molecule has 126 valence electrons. The van der Waals surface area contributed by atoms with Crippen molar-refractivity contribution in [2.24, 2.45) is 0 Å². The van der Waals surface area contributed by atoms with E-state index in [9.17, 15) is 9.59 Å². The predicted octanol–water partition coefficient (Wildman–Crippen LogP) is 3.24. The molecule has 1 aliphatic rings. The minimum absolute atomic E-state index is 0.0811. The van der Waals surface area contributed by atoms with Gasteiger partial charge in [-0.3, -0.25) is 14.6 Å². The van der Waals surface area contributed by atoms with E-state index in [2.05, 4.69) is 15.3 Å². The molecule has 0 radical (unpaired) electrons. The molecule has 1 unspecified atom stereocenters. The third-order valence-corrected chi connectivity index (χ3v) is 4.89. The van der Waals surface area contributed by atoms with Gasteiger partial charge in [0.15, 0.2) is 0 Å². The highest BCUT2D eigenvalue weighted by Crippen LogP contribution is 2.29. The number of piperidine rings is 1. The summed E-state index contributed by atoms with van der Waals surface area (Å²) in [5, 5.41) is 4.26. The topological polar surface area (TPSA) is 74.8 Å². The van der Waals surface area contributed by atoms with Gasteiger partial charge in [-0.1, -0.05) is 17.7 Å². The summed E-state index contributed by atoms with van der Waals surface area (Å²) in [7, 11) is 0. The molecule has 0 bridgehead atoms. The maximum Gasteiger partial charge on any atom is 0.252 e. The number of carbonyl (C=O) groups excluding carboxylic acids is 1. The molecule has 0 saturated carbocycles. The van der Waals surface area contributed by atoms with Crippen molar-refractivity contribution < 1.29 is 4.79 Å². The van der Waals surface area contributed by atoms with Crippen molar-refractivity contribution in [3.8, 4) is 11.3 Å². The molecular weight excluding hydrogens is 338 g/mol. The normalized spacial score (nSPS) is 17.5. The van der Waals surface area contributed by atoms with Crippen molar-refractivity contribution in [2.45, 2.75) is 18.8 Å². The molecule has 0 aliphatic carbocycles. The zero-order chi connectivity index (χ0) is 17.4. The molecule has 5 nitrogen and oxygen atoms in total. The van der Waals surface area contributed by atoms with E-state index in [0.29, 0.717) is 29.2 Å².